The molecule has 0 atom stereocenters. The number of hydrogen-bond donors (Lipinski definition) is 2. The van der Waals surface area contributed by atoms with Gasteiger partial charge in [0.25, 0.3) is 5.91 Å². The predicted octanol–water partition coefficient (Wildman–Crippen LogP) is 5.35. The van der Waals surface area contributed by atoms with E-state index in [1.165, 1.54) is 6.07 Å². The van der Waals surface area contributed by atoms with E-state index in [1.807, 2.05) is 19.9 Å². The van der Waals surface area contributed by atoms with E-state index in [-0.39, 0.29) is 24.3 Å². The molecule has 7 heteroatoms. The monoisotopic (exact) mass is 447 g/mol. The Balaban J connectivity index is 1.55. The second kappa shape index (κ2) is 7.99. The Morgan fingerprint density at radius 3 is 2.58 bits per heavy atom. The van der Waals surface area contributed by atoms with Gasteiger partial charge in [0, 0.05) is 28.6 Å². The number of aromatic amines is 1. The van der Waals surface area contributed by atoms with Gasteiger partial charge in [0.1, 0.15) is 0 Å². The van der Waals surface area contributed by atoms with E-state index in [4.69, 9.17) is 0 Å². The van der Waals surface area contributed by atoms with Crippen molar-refractivity contribution in [1.29, 1.82) is 0 Å². The first-order valence-electron chi connectivity index (χ1n) is 10.9. The molecule has 3 aromatic rings. The number of aryl methyl sites for hydroxylation is 2. The average molecular weight is 447 g/mol. The first kappa shape index (κ1) is 21.1. The highest BCUT2D eigenvalue weighted by molar-refractivity contribution is 6.36. The van der Waals surface area contributed by atoms with Gasteiger partial charge < -0.3 is 15.2 Å². The summed E-state index contributed by atoms with van der Waals surface area (Å²) in [6.45, 7) is 4.00. The second-order valence-electron chi connectivity index (χ2n) is 8.74. The summed E-state index contributed by atoms with van der Waals surface area (Å²) in [7, 11) is 0. The van der Waals surface area contributed by atoms with Gasteiger partial charge in [-0.05, 0) is 80.3 Å². The fraction of sp³-hybridized carbons (Fsp3) is 0.231. The topological polar surface area (TPSA) is 65.2 Å². The number of carbonyl (C=O) groups excluding carboxylic acids is 2. The highest BCUT2D eigenvalue weighted by atomic mass is 19.2. The number of benzene rings is 2. The third-order valence-electron chi connectivity index (χ3n) is 6.07. The molecule has 1 aromatic heterocycles. The molecule has 1 aliphatic carbocycles. The quantitative estimate of drug-likeness (QED) is 0.518. The maximum absolute atomic E-state index is 13.8. The maximum atomic E-state index is 13.8. The lowest BCUT2D eigenvalue weighted by molar-refractivity contribution is -0.117. The van der Waals surface area contributed by atoms with Gasteiger partial charge in [-0.1, -0.05) is 6.07 Å². The molecule has 1 aliphatic heterocycles. The minimum absolute atomic E-state index is 0.0146. The van der Waals surface area contributed by atoms with Gasteiger partial charge in [-0.3, -0.25) is 9.59 Å². The number of hydrogen-bond acceptors (Lipinski definition) is 2. The van der Waals surface area contributed by atoms with Crippen LogP contribution >= 0.6 is 0 Å². The molecule has 0 bridgehead atoms. The summed E-state index contributed by atoms with van der Waals surface area (Å²) in [4.78, 5) is 30.5. The minimum atomic E-state index is -0.953. The van der Waals surface area contributed by atoms with E-state index in [1.54, 1.807) is 29.2 Å². The minimum Gasteiger partial charge on any atom is -0.359 e. The summed E-state index contributed by atoms with van der Waals surface area (Å²) in [5.41, 5.74) is 5.72. The zero-order valence-electron chi connectivity index (χ0n) is 18.3. The van der Waals surface area contributed by atoms with Crippen LogP contribution in [0.2, 0.25) is 0 Å². The number of halogens is 2. The molecule has 0 unspecified atom stereocenters. The number of carbonyl (C=O) groups is 2. The Labute approximate surface area is 190 Å². The molecule has 0 spiro atoms. The first-order chi connectivity index (χ1) is 15.8. The standard InChI is InChI=1S/C26H23F2N3O2/c1-14-9-15(2)29-23(14)12-20-19-11-18(30-25(32)17-4-5-17)6-8-24(19)31(26(20)33)13-16-3-7-21(27)22(28)10-16/h3,6-12,17,29H,4-5,13H2,1-2H3,(H,30,32)/b20-12-. The maximum Gasteiger partial charge on any atom is 0.259 e. The van der Waals surface area contributed by atoms with E-state index >= 15 is 0 Å². The second-order valence-corrected chi connectivity index (χ2v) is 8.74. The van der Waals surface area contributed by atoms with E-state index < -0.39 is 11.6 Å². The van der Waals surface area contributed by atoms with Crippen molar-refractivity contribution >= 4 is 34.8 Å². The molecule has 1 saturated carbocycles. The zero-order valence-corrected chi connectivity index (χ0v) is 18.3. The zero-order chi connectivity index (χ0) is 23.3. The van der Waals surface area contributed by atoms with Crippen molar-refractivity contribution < 1.29 is 18.4 Å². The molecule has 2 aromatic carbocycles. The molecule has 5 nitrogen and oxygen atoms in total. The summed E-state index contributed by atoms with van der Waals surface area (Å²) < 4.78 is 27.1. The molecule has 33 heavy (non-hydrogen) atoms. The molecule has 5 rings (SSSR count). The van der Waals surface area contributed by atoms with Gasteiger partial charge in [-0.25, -0.2) is 8.78 Å². The van der Waals surface area contributed by atoms with Gasteiger partial charge in [0.15, 0.2) is 11.6 Å². The van der Waals surface area contributed by atoms with E-state index in [9.17, 15) is 18.4 Å². The Bertz CT molecular complexity index is 1320. The highest BCUT2D eigenvalue weighted by Gasteiger charge is 2.34. The lowest BCUT2D eigenvalue weighted by Gasteiger charge is -2.17. The fourth-order valence-electron chi connectivity index (χ4n) is 4.19. The largest absolute Gasteiger partial charge is 0.359 e. The summed E-state index contributed by atoms with van der Waals surface area (Å²) in [5, 5.41) is 2.93. The van der Waals surface area contributed by atoms with Gasteiger partial charge in [0.2, 0.25) is 5.91 Å². The van der Waals surface area contributed by atoms with Crippen LogP contribution in [0, 0.1) is 31.4 Å². The first-order valence-corrected chi connectivity index (χ1v) is 10.9. The smallest absolute Gasteiger partial charge is 0.259 e. The van der Waals surface area contributed by atoms with Crippen LogP contribution in [-0.4, -0.2) is 16.8 Å². The Morgan fingerprint density at radius 1 is 1.12 bits per heavy atom. The number of H-pyrrole nitrogens is 1. The van der Waals surface area contributed by atoms with Crippen LogP contribution in [0.4, 0.5) is 20.2 Å². The Hall–Kier alpha value is -3.74. The van der Waals surface area contributed by atoms with Gasteiger partial charge in [-0.15, -0.1) is 0 Å². The van der Waals surface area contributed by atoms with Crippen molar-refractivity contribution in [2.75, 3.05) is 10.2 Å². The number of amides is 2. The van der Waals surface area contributed by atoms with Crippen LogP contribution in [0.1, 0.15) is 40.9 Å². The number of fused-ring (bicyclic) bond motifs is 1. The predicted molar refractivity (Wildman–Crippen MR) is 123 cm³/mol. The van der Waals surface area contributed by atoms with Gasteiger partial charge >= 0.3 is 0 Å². The highest BCUT2D eigenvalue weighted by Crippen LogP contribution is 2.41. The number of rotatable bonds is 5. The number of nitrogens with one attached hydrogen (secondary N) is 2. The van der Waals surface area contributed by atoms with Crippen LogP contribution in [-0.2, 0) is 16.1 Å². The molecule has 2 amide bonds. The van der Waals surface area contributed by atoms with E-state index in [2.05, 4.69) is 10.3 Å². The van der Waals surface area contributed by atoms with Crippen molar-refractivity contribution in [1.82, 2.24) is 4.98 Å². The van der Waals surface area contributed by atoms with Crippen LogP contribution in [0.25, 0.3) is 11.6 Å². The molecular weight excluding hydrogens is 424 g/mol. The van der Waals surface area contributed by atoms with Crippen LogP contribution < -0.4 is 10.2 Å². The number of nitrogens with zero attached hydrogens (tertiary/aromatic N) is 1. The van der Waals surface area contributed by atoms with Crippen molar-refractivity contribution in [2.45, 2.75) is 33.2 Å². The lowest BCUT2D eigenvalue weighted by Crippen LogP contribution is -2.25. The molecule has 2 aliphatic rings. The summed E-state index contributed by atoms with van der Waals surface area (Å²) in [5.74, 6) is -2.08. The molecule has 0 saturated heterocycles. The van der Waals surface area contributed by atoms with Crippen LogP contribution in [0.5, 0.6) is 0 Å². The summed E-state index contributed by atoms with van der Waals surface area (Å²) in [6, 6.07) is 11.0. The molecule has 2 heterocycles. The Morgan fingerprint density at radius 2 is 1.91 bits per heavy atom. The SMILES string of the molecule is Cc1cc(C)c(/C=C2\C(=O)N(Cc3ccc(F)c(F)c3)c3ccc(NC(=O)C4CC4)cc32)[nH]1. The van der Waals surface area contributed by atoms with E-state index in [0.29, 0.717) is 28.1 Å². The summed E-state index contributed by atoms with van der Waals surface area (Å²) in [6.07, 6.45) is 3.60. The third-order valence-corrected chi connectivity index (χ3v) is 6.07. The number of anilines is 2. The Kier molecular flexibility index (Phi) is 5.12. The average Bonchev–Trinajstić information content (AvgIpc) is 3.53. The van der Waals surface area contributed by atoms with E-state index in [0.717, 1.165) is 41.9 Å². The molecule has 1 fully saturated rings. The summed E-state index contributed by atoms with van der Waals surface area (Å²) >= 11 is 0. The van der Waals surface area contributed by atoms with Crippen molar-refractivity contribution in [3.05, 3.63) is 82.2 Å². The fourth-order valence-corrected chi connectivity index (χ4v) is 4.19. The normalized spacial score (nSPS) is 16.4. The van der Waals surface area contributed by atoms with Crippen LogP contribution in [0.15, 0.2) is 42.5 Å². The van der Waals surface area contributed by atoms with Crippen molar-refractivity contribution in [3.8, 4) is 0 Å². The van der Waals surface area contributed by atoms with Crippen LogP contribution in [0.3, 0.4) is 0 Å². The van der Waals surface area contributed by atoms with Gasteiger partial charge in [-0.2, -0.15) is 0 Å². The van der Waals surface area contributed by atoms with Gasteiger partial charge in [0.05, 0.1) is 17.8 Å². The van der Waals surface area contributed by atoms with Crippen molar-refractivity contribution in [2.24, 2.45) is 5.92 Å². The van der Waals surface area contributed by atoms with Crippen molar-refractivity contribution in [3.63, 3.8) is 0 Å². The third kappa shape index (κ3) is 4.06. The number of aromatic nitrogens is 1. The molecule has 168 valence electrons. The molecular formula is C26H23F2N3O2. The lowest BCUT2D eigenvalue weighted by atomic mass is 10.0. The molecule has 2 N–H and O–H groups in total. The molecule has 0 radical (unpaired) electrons.